The van der Waals surface area contributed by atoms with E-state index in [4.69, 9.17) is 10.5 Å². The second-order valence-electron chi connectivity index (χ2n) is 4.98. The van der Waals surface area contributed by atoms with Crippen molar-refractivity contribution in [1.29, 1.82) is 0 Å². The molecule has 0 saturated carbocycles. The highest BCUT2D eigenvalue weighted by atomic mass is 19.1. The molecule has 7 heteroatoms. The van der Waals surface area contributed by atoms with Gasteiger partial charge in [0.05, 0.1) is 37.1 Å². The first kappa shape index (κ1) is 15.0. The molecule has 2 heterocycles. The Bertz CT molecular complexity index is 929. The van der Waals surface area contributed by atoms with E-state index in [-0.39, 0.29) is 5.82 Å². The fraction of sp³-hybridized carbons (Fsp3) is 0.188. The van der Waals surface area contributed by atoms with Gasteiger partial charge < -0.3 is 15.0 Å². The lowest BCUT2D eigenvalue weighted by molar-refractivity contribution is 0.316. The van der Waals surface area contributed by atoms with Gasteiger partial charge in [0.2, 0.25) is 0 Å². The van der Waals surface area contributed by atoms with Gasteiger partial charge in [-0.2, -0.15) is 0 Å². The summed E-state index contributed by atoms with van der Waals surface area (Å²) in [6.45, 7) is 0.350. The molecular formula is C16H16FN5O. The Balaban J connectivity index is 2.05. The highest BCUT2D eigenvalue weighted by Crippen LogP contribution is 2.24. The van der Waals surface area contributed by atoms with Crippen molar-refractivity contribution in [3.8, 4) is 0 Å². The second-order valence-corrected chi connectivity index (χ2v) is 4.98. The zero-order chi connectivity index (χ0) is 16.4. The number of fused-ring (bicyclic) bond motifs is 3. The molecule has 0 bridgehead atoms. The van der Waals surface area contributed by atoms with Gasteiger partial charge in [-0.05, 0) is 18.2 Å². The number of imidazole rings is 1. The zero-order valence-corrected chi connectivity index (χ0v) is 12.8. The van der Waals surface area contributed by atoms with E-state index in [1.54, 1.807) is 12.3 Å². The van der Waals surface area contributed by atoms with Crippen LogP contribution in [0.5, 0.6) is 0 Å². The van der Waals surface area contributed by atoms with E-state index in [1.165, 1.54) is 31.7 Å². The molecule has 2 N–H and O–H groups in total. The van der Waals surface area contributed by atoms with E-state index in [0.29, 0.717) is 17.8 Å². The minimum atomic E-state index is -0.301. The minimum absolute atomic E-state index is 0.301. The molecule has 0 aliphatic carbocycles. The first-order valence-corrected chi connectivity index (χ1v) is 6.99. The van der Waals surface area contributed by atoms with Crippen LogP contribution in [-0.4, -0.2) is 27.9 Å². The third-order valence-electron chi connectivity index (χ3n) is 3.61. The van der Waals surface area contributed by atoms with Crippen LogP contribution in [0.1, 0.15) is 5.82 Å². The van der Waals surface area contributed by atoms with Crippen LogP contribution in [-0.2, 0) is 18.3 Å². The van der Waals surface area contributed by atoms with Crippen LogP contribution in [0, 0.1) is 5.82 Å². The van der Waals surface area contributed by atoms with Crippen molar-refractivity contribution in [2.24, 2.45) is 17.8 Å². The van der Waals surface area contributed by atoms with Crippen molar-refractivity contribution in [3.05, 3.63) is 48.0 Å². The van der Waals surface area contributed by atoms with Crippen molar-refractivity contribution < 1.29 is 9.13 Å². The smallest absolute Gasteiger partial charge is 0.152 e. The van der Waals surface area contributed by atoms with E-state index in [2.05, 4.69) is 15.0 Å². The Morgan fingerprint density at radius 2 is 2.26 bits per heavy atom. The number of hydrogen-bond donors (Lipinski definition) is 1. The lowest BCUT2D eigenvalue weighted by Crippen LogP contribution is -1.98. The molecular weight excluding hydrogens is 297 g/mol. The summed E-state index contributed by atoms with van der Waals surface area (Å²) in [5.41, 5.74) is 7.65. The Hall–Kier alpha value is -2.96. The van der Waals surface area contributed by atoms with Crippen LogP contribution in [0.3, 0.4) is 0 Å². The summed E-state index contributed by atoms with van der Waals surface area (Å²) in [5, 5.41) is 0.729. The van der Waals surface area contributed by atoms with Crippen molar-refractivity contribution >= 4 is 28.2 Å². The van der Waals surface area contributed by atoms with Crippen LogP contribution in [0.2, 0.25) is 0 Å². The minimum Gasteiger partial charge on any atom is -0.494 e. The molecule has 0 radical (unpaired) electrons. The maximum absolute atomic E-state index is 13.6. The van der Waals surface area contributed by atoms with Crippen LogP contribution >= 0.6 is 0 Å². The highest BCUT2D eigenvalue weighted by Gasteiger charge is 2.12. The predicted molar refractivity (Wildman–Crippen MR) is 87.4 cm³/mol. The summed E-state index contributed by atoms with van der Waals surface area (Å²) < 4.78 is 20.5. The number of benzene rings is 1. The lowest BCUT2D eigenvalue weighted by Gasteiger charge is -2.03. The molecule has 1 aromatic carbocycles. The Labute approximate surface area is 132 Å². The molecule has 3 rings (SSSR count). The molecule has 3 aromatic rings. The number of pyridine rings is 1. The predicted octanol–water partition coefficient (Wildman–Crippen LogP) is 2.28. The summed E-state index contributed by atoms with van der Waals surface area (Å²) in [4.78, 5) is 13.1. The van der Waals surface area contributed by atoms with Gasteiger partial charge in [0.25, 0.3) is 0 Å². The summed E-state index contributed by atoms with van der Waals surface area (Å²) in [6, 6.07) is 4.53. The largest absolute Gasteiger partial charge is 0.494 e. The topological polar surface area (TPSA) is 78.3 Å². The zero-order valence-electron chi connectivity index (χ0n) is 12.8. The normalized spacial score (nSPS) is 12.6. The molecule has 0 aliphatic heterocycles. The molecule has 0 saturated heterocycles. The van der Waals surface area contributed by atoms with Gasteiger partial charge >= 0.3 is 0 Å². The van der Waals surface area contributed by atoms with E-state index in [9.17, 15) is 4.39 Å². The summed E-state index contributed by atoms with van der Waals surface area (Å²) in [7, 11) is 3.40. The fourth-order valence-electron chi connectivity index (χ4n) is 2.44. The third kappa shape index (κ3) is 2.73. The summed E-state index contributed by atoms with van der Waals surface area (Å²) in [5.74, 6) is 0.908. The van der Waals surface area contributed by atoms with Gasteiger partial charge in [-0.15, -0.1) is 0 Å². The molecule has 0 spiro atoms. The van der Waals surface area contributed by atoms with Gasteiger partial charge in [0.15, 0.2) is 5.76 Å². The van der Waals surface area contributed by atoms with Crippen LogP contribution in [0.4, 0.5) is 4.39 Å². The van der Waals surface area contributed by atoms with Gasteiger partial charge in [-0.25, -0.2) is 9.37 Å². The number of allylic oxidation sites excluding steroid dienone is 1. The van der Waals surface area contributed by atoms with Crippen molar-refractivity contribution in [3.63, 3.8) is 0 Å². The van der Waals surface area contributed by atoms with Gasteiger partial charge in [-0.3, -0.25) is 9.98 Å². The Kier molecular flexibility index (Phi) is 3.92. The average molecular weight is 313 g/mol. The summed E-state index contributed by atoms with van der Waals surface area (Å²) in [6.07, 6.45) is 4.55. The molecule has 118 valence electrons. The first-order chi connectivity index (χ1) is 11.1. The molecule has 0 aliphatic rings. The molecule has 0 fully saturated rings. The molecule has 0 amide bonds. The number of aryl methyl sites for hydroxylation is 1. The van der Waals surface area contributed by atoms with Crippen molar-refractivity contribution in [2.75, 3.05) is 7.11 Å². The number of nitrogens with zero attached hydrogens (tertiary/aromatic N) is 4. The number of hydrogen-bond acceptors (Lipinski definition) is 5. The van der Waals surface area contributed by atoms with Crippen LogP contribution in [0.25, 0.3) is 21.9 Å². The van der Waals surface area contributed by atoms with Gasteiger partial charge in [-0.1, -0.05) is 0 Å². The molecule has 2 aromatic heterocycles. The third-order valence-corrected chi connectivity index (χ3v) is 3.61. The lowest BCUT2D eigenvalue weighted by atomic mass is 10.2. The van der Waals surface area contributed by atoms with Crippen molar-refractivity contribution in [2.45, 2.75) is 6.54 Å². The monoisotopic (exact) mass is 313 g/mol. The fourth-order valence-corrected chi connectivity index (χ4v) is 2.44. The average Bonchev–Trinajstić information content (AvgIpc) is 2.88. The molecule has 0 atom stereocenters. The molecule has 6 nitrogen and oxygen atoms in total. The van der Waals surface area contributed by atoms with E-state index in [1.807, 2.05) is 11.6 Å². The molecule has 23 heavy (non-hydrogen) atoms. The number of methoxy groups -OCH3 is 1. The number of rotatable bonds is 4. The number of nitrogens with two attached hydrogens (primary N) is 1. The SMILES string of the molecule is COC(C=NCc1nc2cnc3ccc(F)cc3c2n1C)=CN. The van der Waals surface area contributed by atoms with E-state index >= 15 is 0 Å². The van der Waals surface area contributed by atoms with Crippen LogP contribution < -0.4 is 5.73 Å². The second kappa shape index (κ2) is 6.04. The van der Waals surface area contributed by atoms with Crippen LogP contribution in [0.15, 0.2) is 41.3 Å². The first-order valence-electron chi connectivity index (χ1n) is 6.99. The van der Waals surface area contributed by atoms with E-state index < -0.39 is 0 Å². The standard InChI is InChI=1S/C16H16FN5O/c1-22-15(9-19-7-11(6-18)23-2)21-14-8-20-13-4-3-10(17)5-12(13)16(14)22/h3-8H,9,18H2,1-2H3. The van der Waals surface area contributed by atoms with Gasteiger partial charge in [0, 0.05) is 18.6 Å². The van der Waals surface area contributed by atoms with E-state index in [0.717, 1.165) is 22.2 Å². The maximum Gasteiger partial charge on any atom is 0.152 e. The van der Waals surface area contributed by atoms with Gasteiger partial charge in [0.1, 0.15) is 17.2 Å². The summed E-state index contributed by atoms with van der Waals surface area (Å²) >= 11 is 0. The number of ether oxygens (including phenoxy) is 1. The maximum atomic E-state index is 13.6. The number of aromatic nitrogens is 3. The molecule has 0 unspecified atom stereocenters. The van der Waals surface area contributed by atoms with Crippen molar-refractivity contribution in [1.82, 2.24) is 14.5 Å². The number of aliphatic imine (C=N–C) groups is 1. The Morgan fingerprint density at radius 1 is 1.43 bits per heavy atom. The number of halogens is 1. The Morgan fingerprint density at radius 3 is 3.00 bits per heavy atom. The highest BCUT2D eigenvalue weighted by molar-refractivity contribution is 6.02. The quantitative estimate of drug-likeness (QED) is 0.592.